The maximum atomic E-state index is 12.7. The van der Waals surface area contributed by atoms with E-state index in [0.717, 1.165) is 16.7 Å². The highest BCUT2D eigenvalue weighted by molar-refractivity contribution is 7.99. The number of nitrogens with one attached hydrogen (secondary N) is 1. The van der Waals surface area contributed by atoms with Gasteiger partial charge in [0.15, 0.2) is 34.4 Å². The number of benzene rings is 2. The number of hydrogen-bond donors (Lipinski definition) is 1. The van der Waals surface area contributed by atoms with Crippen molar-refractivity contribution in [1.82, 2.24) is 19.7 Å². The molecule has 8 heteroatoms. The topological polar surface area (TPSA) is 82.0 Å². The van der Waals surface area contributed by atoms with Crippen molar-refractivity contribution >= 4 is 28.4 Å². The van der Waals surface area contributed by atoms with Crippen molar-refractivity contribution in [2.75, 3.05) is 12.4 Å². The SMILES string of the molecule is Cn1c(SCC(=O)c2c[nH]c3ccccc23)nnc1C1COc2ccccc2O1. The fourth-order valence-corrected chi connectivity index (χ4v) is 4.19. The van der Waals surface area contributed by atoms with E-state index in [0.29, 0.717) is 28.9 Å². The second kappa shape index (κ2) is 7.29. The van der Waals surface area contributed by atoms with Gasteiger partial charge in [0.25, 0.3) is 0 Å². The molecule has 2 aromatic heterocycles. The fourth-order valence-electron chi connectivity index (χ4n) is 3.39. The van der Waals surface area contributed by atoms with Crippen LogP contribution in [0.2, 0.25) is 0 Å². The van der Waals surface area contributed by atoms with Gasteiger partial charge in [0.2, 0.25) is 0 Å². The van der Waals surface area contributed by atoms with Crippen molar-refractivity contribution < 1.29 is 14.3 Å². The Kier molecular flexibility index (Phi) is 4.48. The number of hydrogen-bond acceptors (Lipinski definition) is 6. The predicted octanol–water partition coefficient (Wildman–Crippen LogP) is 3.78. The zero-order valence-electron chi connectivity index (χ0n) is 15.7. The van der Waals surface area contributed by atoms with Crippen molar-refractivity contribution in [1.29, 1.82) is 0 Å². The highest BCUT2D eigenvalue weighted by atomic mass is 32.2. The summed E-state index contributed by atoms with van der Waals surface area (Å²) in [6, 6.07) is 15.3. The van der Waals surface area contributed by atoms with Gasteiger partial charge in [-0.25, -0.2) is 0 Å². The van der Waals surface area contributed by atoms with E-state index in [1.807, 2.05) is 60.1 Å². The van der Waals surface area contributed by atoms with Crippen LogP contribution in [-0.4, -0.2) is 37.9 Å². The number of fused-ring (bicyclic) bond motifs is 2. The molecule has 7 nitrogen and oxygen atoms in total. The van der Waals surface area contributed by atoms with Crippen LogP contribution in [0.1, 0.15) is 22.3 Å². The van der Waals surface area contributed by atoms with E-state index in [2.05, 4.69) is 15.2 Å². The monoisotopic (exact) mass is 406 g/mol. The molecule has 146 valence electrons. The van der Waals surface area contributed by atoms with Crippen LogP contribution in [0.15, 0.2) is 59.9 Å². The highest BCUT2D eigenvalue weighted by Crippen LogP contribution is 2.35. The average molecular weight is 406 g/mol. The lowest BCUT2D eigenvalue weighted by Gasteiger charge is -2.25. The fraction of sp³-hybridized carbons (Fsp3) is 0.190. The van der Waals surface area contributed by atoms with Gasteiger partial charge in [-0.2, -0.15) is 0 Å². The van der Waals surface area contributed by atoms with E-state index in [-0.39, 0.29) is 17.6 Å². The first-order chi connectivity index (χ1) is 14.2. The van der Waals surface area contributed by atoms with Gasteiger partial charge in [-0.3, -0.25) is 4.79 Å². The number of ether oxygens (including phenoxy) is 2. The van der Waals surface area contributed by atoms with Gasteiger partial charge >= 0.3 is 0 Å². The normalized spacial score (nSPS) is 15.6. The molecule has 2 aromatic carbocycles. The van der Waals surface area contributed by atoms with Gasteiger partial charge in [-0.1, -0.05) is 42.1 Å². The minimum Gasteiger partial charge on any atom is -0.485 e. The number of H-pyrrole nitrogens is 1. The van der Waals surface area contributed by atoms with E-state index < -0.39 is 0 Å². The third-order valence-electron chi connectivity index (χ3n) is 4.89. The second-order valence-electron chi connectivity index (χ2n) is 6.72. The Morgan fingerprint density at radius 3 is 2.86 bits per heavy atom. The molecular formula is C21H18N4O3S. The third kappa shape index (κ3) is 3.25. The van der Waals surface area contributed by atoms with E-state index in [1.54, 1.807) is 6.20 Å². The van der Waals surface area contributed by atoms with Gasteiger partial charge < -0.3 is 19.0 Å². The molecule has 4 aromatic rings. The Morgan fingerprint density at radius 1 is 1.17 bits per heavy atom. The average Bonchev–Trinajstić information content (AvgIpc) is 3.35. The Labute approximate surface area is 171 Å². The molecule has 1 aliphatic heterocycles. The molecule has 0 saturated heterocycles. The molecule has 0 aliphatic carbocycles. The molecule has 0 bridgehead atoms. The van der Waals surface area contributed by atoms with E-state index in [1.165, 1.54) is 11.8 Å². The number of nitrogens with zero attached hydrogens (tertiary/aromatic N) is 3. The summed E-state index contributed by atoms with van der Waals surface area (Å²) < 4.78 is 13.6. The Bertz CT molecular complexity index is 1200. The number of para-hydroxylation sites is 3. The smallest absolute Gasteiger partial charge is 0.192 e. The van der Waals surface area contributed by atoms with Crippen molar-refractivity contribution in [3.63, 3.8) is 0 Å². The number of carbonyl (C=O) groups excluding carboxylic acids is 1. The number of carbonyl (C=O) groups is 1. The van der Waals surface area contributed by atoms with E-state index in [9.17, 15) is 4.79 Å². The first-order valence-corrected chi connectivity index (χ1v) is 10.2. The van der Waals surface area contributed by atoms with Gasteiger partial charge in [0.1, 0.15) is 6.61 Å². The lowest BCUT2D eigenvalue weighted by molar-refractivity contribution is 0.0825. The zero-order chi connectivity index (χ0) is 19.8. The summed E-state index contributed by atoms with van der Waals surface area (Å²) >= 11 is 1.36. The van der Waals surface area contributed by atoms with Crippen LogP contribution >= 0.6 is 11.8 Å². The van der Waals surface area contributed by atoms with E-state index in [4.69, 9.17) is 9.47 Å². The van der Waals surface area contributed by atoms with Gasteiger partial charge in [-0.05, 0) is 18.2 Å². The van der Waals surface area contributed by atoms with Crippen LogP contribution in [0, 0.1) is 0 Å². The summed E-state index contributed by atoms with van der Waals surface area (Å²) in [5.41, 5.74) is 1.65. The van der Waals surface area contributed by atoms with Crippen molar-refractivity contribution in [2.45, 2.75) is 11.3 Å². The minimum atomic E-state index is -0.346. The highest BCUT2D eigenvalue weighted by Gasteiger charge is 2.27. The third-order valence-corrected chi connectivity index (χ3v) is 5.91. The summed E-state index contributed by atoms with van der Waals surface area (Å²) in [4.78, 5) is 15.8. The quantitative estimate of drug-likeness (QED) is 0.401. The Morgan fingerprint density at radius 2 is 1.97 bits per heavy atom. The molecule has 0 spiro atoms. The molecule has 1 unspecified atom stereocenters. The standard InChI is InChI=1S/C21H18N4O3S/c1-25-20(19-11-27-17-8-4-5-9-18(17)28-19)23-24-21(25)29-12-16(26)14-10-22-15-7-3-2-6-13(14)15/h2-10,19,22H,11-12H2,1H3. The van der Waals surface area contributed by atoms with Crippen LogP contribution in [0.3, 0.4) is 0 Å². The van der Waals surface area contributed by atoms with Crippen molar-refractivity contribution in [3.05, 3.63) is 66.1 Å². The second-order valence-corrected chi connectivity index (χ2v) is 7.67. The Hall–Kier alpha value is -3.26. The number of aromatic nitrogens is 4. The largest absolute Gasteiger partial charge is 0.485 e. The van der Waals surface area contributed by atoms with Gasteiger partial charge in [-0.15, -0.1) is 10.2 Å². The lowest BCUT2D eigenvalue weighted by atomic mass is 10.1. The van der Waals surface area contributed by atoms with Crippen LogP contribution in [0.5, 0.6) is 11.5 Å². The molecule has 1 atom stereocenters. The molecular weight excluding hydrogens is 388 g/mol. The molecule has 0 amide bonds. The molecule has 3 heterocycles. The summed E-state index contributed by atoms with van der Waals surface area (Å²) in [6.07, 6.45) is 1.42. The zero-order valence-corrected chi connectivity index (χ0v) is 16.5. The molecule has 0 saturated carbocycles. The number of thioether (sulfide) groups is 1. The number of Topliss-reactive ketones (excluding diaryl/α,β-unsaturated/α-hetero) is 1. The van der Waals surface area contributed by atoms with Crippen LogP contribution in [0.4, 0.5) is 0 Å². The summed E-state index contributed by atoms with van der Waals surface area (Å²) in [7, 11) is 1.87. The molecule has 29 heavy (non-hydrogen) atoms. The van der Waals surface area contributed by atoms with Crippen molar-refractivity contribution in [3.8, 4) is 11.5 Å². The first kappa shape index (κ1) is 17.8. The van der Waals surface area contributed by atoms with Crippen molar-refractivity contribution in [2.24, 2.45) is 7.05 Å². The van der Waals surface area contributed by atoms with E-state index >= 15 is 0 Å². The molecule has 5 rings (SSSR count). The first-order valence-electron chi connectivity index (χ1n) is 9.20. The summed E-state index contributed by atoms with van der Waals surface area (Å²) in [5.74, 6) is 2.41. The predicted molar refractivity (Wildman–Crippen MR) is 110 cm³/mol. The molecule has 1 aliphatic rings. The van der Waals surface area contributed by atoms with Gasteiger partial charge in [0, 0.05) is 29.7 Å². The molecule has 0 fully saturated rings. The number of aromatic amines is 1. The van der Waals surface area contributed by atoms with Crippen LogP contribution in [-0.2, 0) is 7.05 Å². The van der Waals surface area contributed by atoms with Crippen LogP contribution in [0.25, 0.3) is 10.9 Å². The molecule has 0 radical (unpaired) electrons. The Balaban J connectivity index is 1.30. The number of rotatable bonds is 5. The number of ketones is 1. The van der Waals surface area contributed by atoms with Gasteiger partial charge in [0.05, 0.1) is 5.75 Å². The minimum absolute atomic E-state index is 0.0446. The molecule has 1 N–H and O–H groups in total. The maximum absolute atomic E-state index is 12.7. The summed E-state index contributed by atoms with van der Waals surface area (Å²) in [6.45, 7) is 0.363. The summed E-state index contributed by atoms with van der Waals surface area (Å²) in [5, 5.41) is 10.1. The lowest BCUT2D eigenvalue weighted by Crippen LogP contribution is -2.24. The van der Waals surface area contributed by atoms with Crippen LogP contribution < -0.4 is 9.47 Å². The maximum Gasteiger partial charge on any atom is 0.192 e.